The Morgan fingerprint density at radius 2 is 1.88 bits per heavy atom. The van der Waals surface area contributed by atoms with Gasteiger partial charge in [0, 0.05) is 32.1 Å². The van der Waals surface area contributed by atoms with Gasteiger partial charge in [0.25, 0.3) is 0 Å². The molecule has 140 valence electrons. The summed E-state index contributed by atoms with van der Waals surface area (Å²) < 4.78 is 5.87. The fraction of sp³-hybridized carbons (Fsp3) is 0.667. The van der Waals surface area contributed by atoms with Crippen molar-refractivity contribution in [2.24, 2.45) is 5.92 Å². The number of piperidine rings is 1. The van der Waals surface area contributed by atoms with E-state index in [-0.39, 0.29) is 0 Å². The predicted octanol–water partition coefficient (Wildman–Crippen LogP) is 3.77. The number of hydrogen-bond donors (Lipinski definition) is 0. The van der Waals surface area contributed by atoms with Crippen molar-refractivity contribution in [2.75, 3.05) is 33.3 Å². The standard InChI is InChI=1S/C21H34N2O2/c1-16(2)19-7-9-20(10-8-19)25-13-12-22(5)14-18-6-11-21(24)23(15-18)17(3)4/h7-10,16-18H,6,11-15H2,1-5H3. The van der Waals surface area contributed by atoms with E-state index in [1.807, 2.05) is 4.90 Å². The average molecular weight is 347 g/mol. The second-order valence-corrected chi connectivity index (χ2v) is 7.88. The van der Waals surface area contributed by atoms with Crippen LogP contribution in [0.1, 0.15) is 52.0 Å². The van der Waals surface area contributed by atoms with Crippen molar-refractivity contribution in [1.82, 2.24) is 9.80 Å². The molecular weight excluding hydrogens is 312 g/mol. The number of benzene rings is 1. The largest absolute Gasteiger partial charge is 0.492 e. The average Bonchev–Trinajstić information content (AvgIpc) is 2.57. The van der Waals surface area contributed by atoms with Crippen LogP contribution in [0.5, 0.6) is 5.75 Å². The number of rotatable bonds is 8. The number of hydrogen-bond acceptors (Lipinski definition) is 3. The van der Waals surface area contributed by atoms with Crippen LogP contribution in [0.25, 0.3) is 0 Å². The molecule has 0 radical (unpaired) electrons. The lowest BCUT2D eigenvalue weighted by Crippen LogP contribution is -2.46. The minimum Gasteiger partial charge on any atom is -0.492 e. The Bertz CT molecular complexity index is 539. The first-order valence-corrected chi connectivity index (χ1v) is 9.57. The predicted molar refractivity (Wildman–Crippen MR) is 103 cm³/mol. The Balaban J connectivity index is 1.71. The summed E-state index contributed by atoms with van der Waals surface area (Å²) in [5.41, 5.74) is 1.34. The van der Waals surface area contributed by atoms with E-state index in [9.17, 15) is 4.79 Å². The first kappa shape index (κ1) is 19.8. The molecule has 0 N–H and O–H groups in total. The van der Waals surface area contributed by atoms with Gasteiger partial charge in [0.05, 0.1) is 0 Å². The van der Waals surface area contributed by atoms with E-state index in [1.165, 1.54) is 5.56 Å². The van der Waals surface area contributed by atoms with Crippen molar-refractivity contribution in [3.63, 3.8) is 0 Å². The Labute approximate surface area is 153 Å². The van der Waals surface area contributed by atoms with Crippen molar-refractivity contribution in [3.05, 3.63) is 29.8 Å². The molecule has 0 saturated carbocycles. The zero-order valence-corrected chi connectivity index (χ0v) is 16.5. The van der Waals surface area contributed by atoms with Gasteiger partial charge in [-0.25, -0.2) is 0 Å². The molecule has 4 heteroatoms. The maximum absolute atomic E-state index is 12.0. The third kappa shape index (κ3) is 6.03. The van der Waals surface area contributed by atoms with Crippen LogP contribution in [0, 0.1) is 5.92 Å². The lowest BCUT2D eigenvalue weighted by atomic mass is 9.96. The molecule has 1 atom stereocenters. The molecule has 1 aliphatic rings. The summed E-state index contributed by atoms with van der Waals surface area (Å²) in [6, 6.07) is 8.70. The summed E-state index contributed by atoms with van der Waals surface area (Å²) in [5, 5.41) is 0. The lowest BCUT2D eigenvalue weighted by molar-refractivity contribution is -0.136. The van der Waals surface area contributed by atoms with Crippen molar-refractivity contribution >= 4 is 5.91 Å². The molecule has 1 aliphatic heterocycles. The third-order valence-corrected chi connectivity index (χ3v) is 5.02. The van der Waals surface area contributed by atoms with Gasteiger partial charge in [-0.1, -0.05) is 26.0 Å². The molecule has 0 spiro atoms. The van der Waals surface area contributed by atoms with Gasteiger partial charge in [0.2, 0.25) is 5.91 Å². The molecule has 0 bridgehead atoms. The first-order valence-electron chi connectivity index (χ1n) is 9.57. The van der Waals surface area contributed by atoms with Gasteiger partial charge in [-0.15, -0.1) is 0 Å². The zero-order chi connectivity index (χ0) is 18.4. The molecule has 25 heavy (non-hydrogen) atoms. The van der Waals surface area contributed by atoms with Crippen LogP contribution in [0.3, 0.4) is 0 Å². The highest BCUT2D eigenvalue weighted by molar-refractivity contribution is 5.77. The highest BCUT2D eigenvalue weighted by Gasteiger charge is 2.27. The second kappa shape index (κ2) is 9.23. The molecule has 0 aliphatic carbocycles. The van der Waals surface area contributed by atoms with Crippen LogP contribution in [0.15, 0.2) is 24.3 Å². The van der Waals surface area contributed by atoms with Gasteiger partial charge in [0.1, 0.15) is 12.4 Å². The van der Waals surface area contributed by atoms with E-state index in [2.05, 4.69) is 63.9 Å². The number of nitrogens with zero attached hydrogens (tertiary/aromatic N) is 2. The van der Waals surface area contributed by atoms with Crippen molar-refractivity contribution in [3.8, 4) is 5.75 Å². The molecule has 2 rings (SSSR count). The SMILES string of the molecule is CC(C)c1ccc(OCCN(C)CC2CCC(=O)N(C(C)C)C2)cc1. The van der Waals surface area contributed by atoms with Crippen molar-refractivity contribution < 1.29 is 9.53 Å². The number of carbonyl (C=O) groups excluding carboxylic acids is 1. The van der Waals surface area contributed by atoms with Crippen LogP contribution < -0.4 is 4.74 Å². The molecule has 0 aromatic heterocycles. The van der Waals surface area contributed by atoms with E-state index in [0.717, 1.165) is 31.8 Å². The Morgan fingerprint density at radius 3 is 2.48 bits per heavy atom. The topological polar surface area (TPSA) is 32.8 Å². The molecule has 4 nitrogen and oxygen atoms in total. The van der Waals surface area contributed by atoms with Gasteiger partial charge in [-0.3, -0.25) is 4.79 Å². The number of carbonyl (C=O) groups is 1. The summed E-state index contributed by atoms with van der Waals surface area (Å²) in [6.45, 7) is 12.1. The fourth-order valence-electron chi connectivity index (χ4n) is 3.39. The fourth-order valence-corrected chi connectivity index (χ4v) is 3.39. The van der Waals surface area contributed by atoms with Crippen LogP contribution in [-0.2, 0) is 4.79 Å². The summed E-state index contributed by atoms with van der Waals surface area (Å²) >= 11 is 0. The number of ether oxygens (including phenoxy) is 1. The number of amides is 1. The quantitative estimate of drug-likeness (QED) is 0.718. The molecule has 1 heterocycles. The number of likely N-dealkylation sites (N-methyl/N-ethyl adjacent to an activating group) is 1. The van der Waals surface area contributed by atoms with Gasteiger partial charge in [-0.2, -0.15) is 0 Å². The van der Waals surface area contributed by atoms with Crippen molar-refractivity contribution in [1.29, 1.82) is 0 Å². The van der Waals surface area contributed by atoms with Gasteiger partial charge < -0.3 is 14.5 Å². The molecular formula is C21H34N2O2. The summed E-state index contributed by atoms with van der Waals surface area (Å²) in [6.07, 6.45) is 1.69. The molecule has 1 aromatic rings. The van der Waals surface area contributed by atoms with Gasteiger partial charge >= 0.3 is 0 Å². The van der Waals surface area contributed by atoms with Crippen LogP contribution in [-0.4, -0.2) is 55.0 Å². The molecule has 1 amide bonds. The summed E-state index contributed by atoms with van der Waals surface area (Å²) in [5.74, 6) is 2.36. The van der Waals surface area contributed by atoms with E-state index in [0.29, 0.717) is 36.8 Å². The maximum atomic E-state index is 12.0. The lowest BCUT2D eigenvalue weighted by Gasteiger charge is -2.37. The van der Waals surface area contributed by atoms with E-state index >= 15 is 0 Å². The minimum atomic E-state index is 0.303. The Kier molecular flexibility index (Phi) is 7.30. The summed E-state index contributed by atoms with van der Waals surface area (Å²) in [4.78, 5) is 16.3. The zero-order valence-electron chi connectivity index (χ0n) is 16.5. The van der Waals surface area contributed by atoms with Crippen LogP contribution in [0.2, 0.25) is 0 Å². The van der Waals surface area contributed by atoms with Gasteiger partial charge in [-0.05, 0) is 56.8 Å². The normalized spacial score (nSPS) is 18.5. The summed E-state index contributed by atoms with van der Waals surface area (Å²) in [7, 11) is 2.14. The Hall–Kier alpha value is -1.55. The first-order chi connectivity index (χ1) is 11.9. The minimum absolute atomic E-state index is 0.303. The molecule has 1 unspecified atom stereocenters. The van der Waals surface area contributed by atoms with E-state index in [1.54, 1.807) is 0 Å². The molecule has 1 fully saturated rings. The smallest absolute Gasteiger partial charge is 0.222 e. The number of likely N-dealkylation sites (tertiary alicyclic amines) is 1. The van der Waals surface area contributed by atoms with E-state index in [4.69, 9.17) is 4.74 Å². The highest BCUT2D eigenvalue weighted by atomic mass is 16.5. The monoisotopic (exact) mass is 346 g/mol. The third-order valence-electron chi connectivity index (χ3n) is 5.02. The maximum Gasteiger partial charge on any atom is 0.222 e. The van der Waals surface area contributed by atoms with Crippen molar-refractivity contribution in [2.45, 2.75) is 52.5 Å². The molecule has 1 aromatic carbocycles. The van der Waals surface area contributed by atoms with Crippen LogP contribution in [0.4, 0.5) is 0 Å². The molecule has 1 saturated heterocycles. The van der Waals surface area contributed by atoms with E-state index < -0.39 is 0 Å². The highest BCUT2D eigenvalue weighted by Crippen LogP contribution is 2.21. The van der Waals surface area contributed by atoms with Gasteiger partial charge in [0.15, 0.2) is 0 Å². The Morgan fingerprint density at radius 1 is 1.20 bits per heavy atom. The second-order valence-electron chi connectivity index (χ2n) is 7.88. The van der Waals surface area contributed by atoms with Crippen LogP contribution >= 0.6 is 0 Å².